The van der Waals surface area contributed by atoms with Crippen LogP contribution in [0.2, 0.25) is 0 Å². The third-order valence-electron chi connectivity index (χ3n) is 5.95. The van der Waals surface area contributed by atoms with Crippen LogP contribution in [0.4, 0.5) is 5.82 Å². The number of benzene rings is 1. The van der Waals surface area contributed by atoms with E-state index in [-0.39, 0.29) is 58.6 Å². The normalized spacial score (nSPS) is 10.9. The molecule has 0 aliphatic carbocycles. The summed E-state index contributed by atoms with van der Waals surface area (Å²) in [7, 11) is -3.04. The Morgan fingerprint density at radius 3 is 2.12 bits per heavy atom. The molecule has 0 saturated carbocycles. The van der Waals surface area contributed by atoms with Gasteiger partial charge in [0.25, 0.3) is 5.91 Å². The van der Waals surface area contributed by atoms with Gasteiger partial charge in [0.15, 0.2) is 17.3 Å². The highest BCUT2D eigenvalue weighted by Gasteiger charge is 2.16. The second-order valence-electron chi connectivity index (χ2n) is 9.15. The number of rotatable bonds is 15. The smallest absolute Gasteiger partial charge is 0.286 e. The molecule has 0 unspecified atom stereocenters. The van der Waals surface area contributed by atoms with Crippen molar-refractivity contribution in [2.45, 2.75) is 51.9 Å². The number of ketones is 3. The average molecular weight is 570 g/mol. The van der Waals surface area contributed by atoms with Crippen molar-refractivity contribution >= 4 is 38.8 Å². The number of hydrogen-bond donors (Lipinski definition) is 3. The number of anilines is 1. The van der Waals surface area contributed by atoms with Gasteiger partial charge < -0.3 is 15.9 Å². The molecule has 1 heterocycles. The second-order valence-corrected chi connectivity index (χ2v) is 11.7. The van der Waals surface area contributed by atoms with E-state index in [1.54, 1.807) is 31.2 Å². The van der Waals surface area contributed by atoms with Gasteiger partial charge in [-0.25, -0.2) is 9.19 Å². The van der Waals surface area contributed by atoms with Crippen LogP contribution in [0.1, 0.15) is 83.7 Å². The Kier molecular flexibility index (Phi) is 13.3. The molecule has 1 aromatic heterocycles. The molecule has 0 saturated heterocycles. The molecule has 0 bridgehead atoms. The predicted octanol–water partition coefficient (Wildman–Crippen LogP) is 2.73. The van der Waals surface area contributed by atoms with E-state index in [1.807, 2.05) is 0 Å². The van der Waals surface area contributed by atoms with E-state index < -0.39 is 28.8 Å². The molecule has 214 valence electrons. The first-order valence-corrected chi connectivity index (χ1v) is 14.9. The topological polar surface area (TPSA) is 177 Å². The van der Waals surface area contributed by atoms with E-state index in [9.17, 15) is 23.4 Å². The molecule has 0 spiro atoms. The summed E-state index contributed by atoms with van der Waals surface area (Å²) in [6, 6.07) is 8.26. The quantitative estimate of drug-likeness (QED) is 0.165. The summed E-state index contributed by atoms with van der Waals surface area (Å²) in [5.74, 6) is 4.59. The van der Waals surface area contributed by atoms with Gasteiger partial charge >= 0.3 is 0 Å². The zero-order chi connectivity index (χ0) is 29.5. The first kappa shape index (κ1) is 32.5. The Balaban J connectivity index is 2.27. The molecule has 11 heteroatoms. The van der Waals surface area contributed by atoms with E-state index in [0.29, 0.717) is 43.2 Å². The lowest BCUT2D eigenvalue weighted by Gasteiger charge is -2.10. The van der Waals surface area contributed by atoms with E-state index in [4.69, 9.17) is 15.9 Å². The summed E-state index contributed by atoms with van der Waals surface area (Å²) >= 11 is 0. The van der Waals surface area contributed by atoms with Crippen molar-refractivity contribution < 1.29 is 33.6 Å². The van der Waals surface area contributed by atoms with Crippen molar-refractivity contribution in [3.63, 3.8) is 0 Å². The number of carbonyl (C=O) groups excluding carboxylic acids is 4. The number of unbranched alkanes of at least 4 members (excludes halogenated alkanes) is 2. The number of aliphatic hydroxyl groups excluding tert-OH is 2. The van der Waals surface area contributed by atoms with Gasteiger partial charge in [-0.3, -0.25) is 19.2 Å². The van der Waals surface area contributed by atoms with Gasteiger partial charge in [0.05, 0.1) is 20.9 Å². The third-order valence-corrected chi connectivity index (χ3v) is 8.30. The fourth-order valence-electron chi connectivity index (χ4n) is 3.66. The van der Waals surface area contributed by atoms with Crippen molar-refractivity contribution in [1.29, 1.82) is 0 Å². The summed E-state index contributed by atoms with van der Waals surface area (Å²) in [6.07, 6.45) is 3.34. The standard InChI is InChI=1S/C29H35N3O7S/c1-2-27(37)22-9-7-8-21(16-22)12-13-23-17-24(18-31-28(23)30)29(38)32-40(39,14-5-3-10-25(35)19-33)15-6-4-11-26(36)20-34/h7-9,16-18,33-34H,2-6,10-11,14-15,19-20H2,1H3,(H2,30,31). The highest BCUT2D eigenvalue weighted by atomic mass is 32.2. The Morgan fingerprint density at radius 1 is 0.925 bits per heavy atom. The van der Waals surface area contributed by atoms with Gasteiger partial charge in [0.1, 0.15) is 19.0 Å². The molecular weight excluding hydrogens is 534 g/mol. The zero-order valence-corrected chi connectivity index (χ0v) is 23.4. The molecule has 1 amide bonds. The van der Waals surface area contributed by atoms with Crippen molar-refractivity contribution in [3.05, 3.63) is 58.8 Å². The number of amides is 1. The van der Waals surface area contributed by atoms with Gasteiger partial charge in [0.2, 0.25) is 0 Å². The molecule has 0 radical (unpaired) electrons. The number of nitrogens with zero attached hydrogens (tertiary/aromatic N) is 2. The largest absolute Gasteiger partial charge is 0.389 e. The number of nitrogen functional groups attached to an aromatic ring is 1. The number of hydrogen-bond acceptors (Lipinski definition) is 9. The van der Waals surface area contributed by atoms with Crippen LogP contribution in [0.25, 0.3) is 0 Å². The number of pyridine rings is 1. The lowest BCUT2D eigenvalue weighted by atomic mass is 10.1. The van der Waals surface area contributed by atoms with Crippen LogP contribution in [-0.4, -0.2) is 67.4 Å². The van der Waals surface area contributed by atoms with E-state index >= 15 is 0 Å². The monoisotopic (exact) mass is 569 g/mol. The Morgan fingerprint density at radius 2 is 1.55 bits per heavy atom. The number of aliphatic hydroxyl groups is 2. The van der Waals surface area contributed by atoms with E-state index in [2.05, 4.69) is 21.2 Å². The molecular formula is C29H35N3O7S. The van der Waals surface area contributed by atoms with Gasteiger partial charge in [-0.15, -0.1) is 0 Å². The highest BCUT2D eigenvalue weighted by Crippen LogP contribution is 2.15. The van der Waals surface area contributed by atoms with E-state index in [1.165, 1.54) is 12.3 Å². The highest BCUT2D eigenvalue weighted by molar-refractivity contribution is 7.93. The number of carbonyl (C=O) groups is 4. The van der Waals surface area contributed by atoms with Crippen LogP contribution >= 0.6 is 0 Å². The third kappa shape index (κ3) is 10.8. The molecule has 10 nitrogen and oxygen atoms in total. The second kappa shape index (κ2) is 16.4. The van der Waals surface area contributed by atoms with Crippen LogP contribution in [0.3, 0.4) is 0 Å². The molecule has 2 aromatic rings. The van der Waals surface area contributed by atoms with Gasteiger partial charge in [-0.2, -0.15) is 4.36 Å². The minimum Gasteiger partial charge on any atom is -0.389 e. The Labute approximate surface area is 234 Å². The van der Waals surface area contributed by atoms with Crippen LogP contribution in [-0.2, 0) is 19.3 Å². The van der Waals surface area contributed by atoms with Crippen LogP contribution in [0.5, 0.6) is 0 Å². The molecule has 40 heavy (non-hydrogen) atoms. The average Bonchev–Trinajstić information content (AvgIpc) is 2.96. The number of aromatic nitrogens is 1. The van der Waals surface area contributed by atoms with Crippen molar-refractivity contribution in [3.8, 4) is 11.8 Å². The first-order valence-electron chi connectivity index (χ1n) is 13.0. The molecule has 2 rings (SSSR count). The summed E-state index contributed by atoms with van der Waals surface area (Å²) < 4.78 is 17.7. The van der Waals surface area contributed by atoms with Crippen molar-refractivity contribution in [1.82, 2.24) is 4.98 Å². The lowest BCUT2D eigenvalue weighted by molar-refractivity contribution is -0.122. The van der Waals surface area contributed by atoms with Crippen LogP contribution < -0.4 is 5.73 Å². The number of nitrogens with two attached hydrogens (primary N) is 1. The maximum absolute atomic E-state index is 13.6. The maximum Gasteiger partial charge on any atom is 0.286 e. The summed E-state index contributed by atoms with van der Waals surface area (Å²) in [5, 5.41) is 17.8. The number of Topliss-reactive ketones (excluding diaryl/α,β-unsaturated/α-hetero) is 3. The minimum absolute atomic E-state index is 0.0115. The van der Waals surface area contributed by atoms with Crippen molar-refractivity contribution in [2.75, 3.05) is 30.5 Å². The van der Waals surface area contributed by atoms with Gasteiger partial charge in [-0.1, -0.05) is 30.9 Å². The fourth-order valence-corrected chi connectivity index (χ4v) is 5.77. The first-order chi connectivity index (χ1) is 19.1. The minimum atomic E-state index is -3.04. The maximum atomic E-state index is 13.6. The molecule has 4 N–H and O–H groups in total. The van der Waals surface area contributed by atoms with Crippen LogP contribution in [0.15, 0.2) is 40.9 Å². The Bertz CT molecular complexity index is 1390. The zero-order valence-electron chi connectivity index (χ0n) is 22.6. The lowest BCUT2D eigenvalue weighted by Crippen LogP contribution is -2.15. The van der Waals surface area contributed by atoms with Gasteiger partial charge in [-0.05, 0) is 43.9 Å². The fraction of sp³-hybridized carbons (Fsp3) is 0.414. The van der Waals surface area contributed by atoms with Crippen molar-refractivity contribution in [2.24, 2.45) is 4.36 Å². The molecule has 0 aliphatic heterocycles. The Hall–Kier alpha value is -3.72. The summed E-state index contributed by atoms with van der Waals surface area (Å²) in [4.78, 5) is 51.8. The van der Waals surface area contributed by atoms with Gasteiger partial charge in [0, 0.05) is 48.1 Å². The molecule has 0 fully saturated rings. The predicted molar refractivity (Wildman–Crippen MR) is 152 cm³/mol. The molecule has 0 atom stereocenters. The summed E-state index contributed by atoms with van der Waals surface area (Å²) in [6.45, 7) is 0.652. The molecule has 0 aliphatic rings. The molecule has 1 aromatic carbocycles. The SMILES string of the molecule is CCC(=O)c1cccc(C#Cc2cc(C(=O)N=S(=O)(CCCCC(=O)CO)CCCCC(=O)CO)cnc2N)c1. The van der Waals surface area contributed by atoms with E-state index in [0.717, 1.165) is 0 Å². The summed E-state index contributed by atoms with van der Waals surface area (Å²) in [5.41, 5.74) is 7.40. The van der Waals surface area contributed by atoms with Crippen LogP contribution in [0, 0.1) is 11.8 Å².